The number of hydrogen-bond acceptors (Lipinski definition) is 2. The van der Waals surface area contributed by atoms with Crippen LogP contribution in [0, 0.1) is 11.6 Å². The van der Waals surface area contributed by atoms with Crippen molar-refractivity contribution in [3.8, 4) is 0 Å². The van der Waals surface area contributed by atoms with E-state index in [9.17, 15) is 8.78 Å². The summed E-state index contributed by atoms with van der Waals surface area (Å²) in [5.41, 5.74) is 2.03. The van der Waals surface area contributed by atoms with E-state index < -0.39 is 11.6 Å². The molecule has 0 fully saturated rings. The summed E-state index contributed by atoms with van der Waals surface area (Å²) in [5.74, 6) is -1.15. The number of benzene rings is 2. The first kappa shape index (κ1) is 13.5. The van der Waals surface area contributed by atoms with E-state index in [0.717, 1.165) is 17.3 Å². The van der Waals surface area contributed by atoms with Gasteiger partial charge in [-0.1, -0.05) is 18.2 Å². The Hall–Kier alpha value is -1.94. The molecular weight excluding hydrogens is 248 g/mol. The smallest absolute Gasteiger partial charge is 0.131 e. The maximum absolute atomic E-state index is 13.6. The highest BCUT2D eigenvalue weighted by molar-refractivity contribution is 5.46. The molecule has 4 heteroatoms. The van der Waals surface area contributed by atoms with Gasteiger partial charge in [0.2, 0.25) is 0 Å². The van der Waals surface area contributed by atoms with Crippen LogP contribution in [-0.2, 0) is 6.61 Å². The standard InChI is InChI=1S/C15H15F2NO/c1-10(14-7-4-12(16)8-15(14)17)18-13-5-2-11(9-19)3-6-13/h2-8,10,18-19H,9H2,1H3. The second-order valence-corrected chi connectivity index (χ2v) is 4.39. The fraction of sp³-hybridized carbons (Fsp3) is 0.200. The summed E-state index contributed by atoms with van der Waals surface area (Å²) in [7, 11) is 0. The van der Waals surface area contributed by atoms with Crippen LogP contribution in [0.4, 0.5) is 14.5 Å². The van der Waals surface area contributed by atoms with Crippen molar-refractivity contribution in [2.75, 3.05) is 5.32 Å². The molecule has 0 spiro atoms. The summed E-state index contributed by atoms with van der Waals surface area (Å²) in [6.07, 6.45) is 0. The molecule has 0 bridgehead atoms. The first-order chi connectivity index (χ1) is 9.10. The summed E-state index contributed by atoms with van der Waals surface area (Å²) in [6, 6.07) is 10.5. The number of hydrogen-bond donors (Lipinski definition) is 2. The molecule has 0 amide bonds. The lowest BCUT2D eigenvalue weighted by Gasteiger charge is -2.16. The lowest BCUT2D eigenvalue weighted by atomic mass is 10.1. The van der Waals surface area contributed by atoms with Crippen LogP contribution in [0.15, 0.2) is 42.5 Å². The van der Waals surface area contributed by atoms with Gasteiger partial charge in [0.25, 0.3) is 0 Å². The van der Waals surface area contributed by atoms with Crippen molar-refractivity contribution in [1.82, 2.24) is 0 Å². The van der Waals surface area contributed by atoms with Crippen LogP contribution >= 0.6 is 0 Å². The zero-order chi connectivity index (χ0) is 13.8. The fourth-order valence-electron chi connectivity index (χ4n) is 1.89. The van der Waals surface area contributed by atoms with Gasteiger partial charge < -0.3 is 10.4 Å². The van der Waals surface area contributed by atoms with Gasteiger partial charge >= 0.3 is 0 Å². The highest BCUT2D eigenvalue weighted by Gasteiger charge is 2.11. The number of rotatable bonds is 4. The van der Waals surface area contributed by atoms with Gasteiger partial charge in [-0.15, -0.1) is 0 Å². The normalized spacial score (nSPS) is 12.2. The van der Waals surface area contributed by atoms with Crippen molar-refractivity contribution in [2.24, 2.45) is 0 Å². The van der Waals surface area contributed by atoms with E-state index in [2.05, 4.69) is 5.32 Å². The Morgan fingerprint density at radius 3 is 2.37 bits per heavy atom. The third-order valence-corrected chi connectivity index (χ3v) is 2.95. The molecule has 2 aromatic rings. The maximum Gasteiger partial charge on any atom is 0.131 e. The predicted octanol–water partition coefficient (Wildman–Crippen LogP) is 3.63. The molecule has 0 aliphatic carbocycles. The molecule has 0 saturated heterocycles. The summed E-state index contributed by atoms with van der Waals surface area (Å²) in [5, 5.41) is 12.1. The molecule has 0 radical (unpaired) electrons. The van der Waals surface area contributed by atoms with Crippen LogP contribution in [0.25, 0.3) is 0 Å². The van der Waals surface area contributed by atoms with Gasteiger partial charge in [-0.2, -0.15) is 0 Å². The van der Waals surface area contributed by atoms with Gasteiger partial charge in [-0.05, 0) is 30.7 Å². The van der Waals surface area contributed by atoms with Gasteiger partial charge in [-0.25, -0.2) is 8.78 Å². The molecule has 1 unspecified atom stereocenters. The average molecular weight is 263 g/mol. The van der Waals surface area contributed by atoms with E-state index in [4.69, 9.17) is 5.11 Å². The summed E-state index contributed by atoms with van der Waals surface area (Å²) >= 11 is 0. The molecule has 2 aromatic carbocycles. The molecular formula is C15H15F2NO. The van der Waals surface area contributed by atoms with Crippen molar-refractivity contribution < 1.29 is 13.9 Å². The van der Waals surface area contributed by atoms with Crippen molar-refractivity contribution in [1.29, 1.82) is 0 Å². The molecule has 1 atom stereocenters. The number of anilines is 1. The summed E-state index contributed by atoms with van der Waals surface area (Å²) < 4.78 is 26.4. The number of nitrogens with one attached hydrogen (secondary N) is 1. The van der Waals surface area contributed by atoms with Gasteiger partial charge in [0.1, 0.15) is 11.6 Å². The Balaban J connectivity index is 2.13. The zero-order valence-electron chi connectivity index (χ0n) is 10.5. The minimum atomic E-state index is -0.583. The van der Waals surface area contributed by atoms with E-state index in [-0.39, 0.29) is 12.6 Å². The minimum Gasteiger partial charge on any atom is -0.392 e. The average Bonchev–Trinajstić information content (AvgIpc) is 2.39. The van der Waals surface area contributed by atoms with Gasteiger partial charge in [0, 0.05) is 17.3 Å². The Morgan fingerprint density at radius 2 is 1.79 bits per heavy atom. The quantitative estimate of drug-likeness (QED) is 0.882. The molecule has 0 aromatic heterocycles. The highest BCUT2D eigenvalue weighted by atomic mass is 19.1. The van der Waals surface area contributed by atoms with Crippen LogP contribution in [0.5, 0.6) is 0 Å². The third-order valence-electron chi connectivity index (χ3n) is 2.95. The van der Waals surface area contributed by atoms with Crippen molar-refractivity contribution in [3.63, 3.8) is 0 Å². The summed E-state index contributed by atoms with van der Waals surface area (Å²) in [4.78, 5) is 0. The molecule has 19 heavy (non-hydrogen) atoms. The molecule has 2 N–H and O–H groups in total. The van der Waals surface area contributed by atoms with Crippen molar-refractivity contribution in [2.45, 2.75) is 19.6 Å². The Bertz CT molecular complexity index is 555. The Morgan fingerprint density at radius 1 is 1.11 bits per heavy atom. The largest absolute Gasteiger partial charge is 0.392 e. The Labute approximate surface area is 110 Å². The van der Waals surface area contributed by atoms with E-state index in [1.165, 1.54) is 12.1 Å². The molecule has 2 nitrogen and oxygen atoms in total. The van der Waals surface area contributed by atoms with Gasteiger partial charge in [-0.3, -0.25) is 0 Å². The lowest BCUT2D eigenvalue weighted by molar-refractivity contribution is 0.282. The molecule has 0 aliphatic heterocycles. The third kappa shape index (κ3) is 3.29. The number of halogens is 2. The van der Waals surface area contributed by atoms with Crippen molar-refractivity contribution >= 4 is 5.69 Å². The predicted molar refractivity (Wildman–Crippen MR) is 70.8 cm³/mol. The van der Waals surface area contributed by atoms with Crippen LogP contribution in [0.2, 0.25) is 0 Å². The van der Waals surface area contributed by atoms with E-state index >= 15 is 0 Å². The maximum atomic E-state index is 13.6. The fourth-order valence-corrected chi connectivity index (χ4v) is 1.89. The first-order valence-corrected chi connectivity index (χ1v) is 6.01. The van der Waals surface area contributed by atoms with Crippen LogP contribution in [0.3, 0.4) is 0 Å². The van der Waals surface area contributed by atoms with E-state index in [1.54, 1.807) is 19.1 Å². The monoisotopic (exact) mass is 263 g/mol. The number of aliphatic hydroxyl groups excluding tert-OH is 1. The lowest BCUT2D eigenvalue weighted by Crippen LogP contribution is -2.08. The van der Waals surface area contributed by atoms with E-state index in [0.29, 0.717) is 5.56 Å². The summed E-state index contributed by atoms with van der Waals surface area (Å²) in [6.45, 7) is 1.79. The van der Waals surface area contributed by atoms with Crippen molar-refractivity contribution in [3.05, 3.63) is 65.2 Å². The molecule has 0 aliphatic rings. The van der Waals surface area contributed by atoms with Gasteiger partial charge in [0.05, 0.1) is 12.6 Å². The molecule has 0 saturated carbocycles. The number of aliphatic hydroxyl groups is 1. The SMILES string of the molecule is CC(Nc1ccc(CO)cc1)c1ccc(F)cc1F. The zero-order valence-corrected chi connectivity index (χ0v) is 10.5. The van der Waals surface area contributed by atoms with E-state index in [1.807, 2.05) is 12.1 Å². The highest BCUT2D eigenvalue weighted by Crippen LogP contribution is 2.22. The van der Waals surface area contributed by atoms with Gasteiger partial charge in [0.15, 0.2) is 0 Å². The molecule has 2 rings (SSSR count). The molecule has 100 valence electrons. The Kier molecular flexibility index (Phi) is 4.12. The van der Waals surface area contributed by atoms with Crippen LogP contribution in [-0.4, -0.2) is 5.11 Å². The van der Waals surface area contributed by atoms with Crippen LogP contribution in [0.1, 0.15) is 24.1 Å². The second kappa shape index (κ2) is 5.80. The van der Waals surface area contributed by atoms with Crippen LogP contribution < -0.4 is 5.32 Å². The first-order valence-electron chi connectivity index (χ1n) is 6.01. The molecule has 0 heterocycles. The minimum absolute atomic E-state index is 0.0115. The second-order valence-electron chi connectivity index (χ2n) is 4.39. The topological polar surface area (TPSA) is 32.3 Å².